The van der Waals surface area contributed by atoms with Gasteiger partial charge in [-0.25, -0.2) is 13.8 Å². The zero-order valence-electron chi connectivity index (χ0n) is 10.8. The molecule has 3 aromatic rings. The maximum absolute atomic E-state index is 13.4. The van der Waals surface area contributed by atoms with E-state index in [0.29, 0.717) is 0 Å². The number of aromatic nitrogens is 4. The zero-order chi connectivity index (χ0) is 16.6. The van der Waals surface area contributed by atoms with Gasteiger partial charge in [-0.05, 0) is 28.3 Å². The Hall–Kier alpha value is -3.88. The molecule has 0 saturated heterocycles. The van der Waals surface area contributed by atoms with E-state index in [1.54, 1.807) is 6.07 Å². The molecule has 3 rings (SSSR count). The zero-order valence-corrected chi connectivity index (χ0v) is 10.8. The predicted octanol–water partition coefficient (Wildman–Crippen LogP) is 0.794. The highest BCUT2D eigenvalue weighted by atomic mass is 19.1. The molecule has 0 bridgehead atoms. The molecule has 0 aliphatic heterocycles. The molecule has 114 valence electrons. The van der Waals surface area contributed by atoms with Gasteiger partial charge in [-0.1, -0.05) is 5.16 Å². The summed E-state index contributed by atoms with van der Waals surface area (Å²) >= 11 is 0. The number of hydrogen-bond donors (Lipinski definition) is 0. The van der Waals surface area contributed by atoms with Crippen LogP contribution in [-0.4, -0.2) is 25.0 Å². The molecule has 11 nitrogen and oxygen atoms in total. The fourth-order valence-corrected chi connectivity index (χ4v) is 1.81. The normalized spacial score (nSPS) is 10.4. The molecule has 1 aromatic carbocycles. The van der Waals surface area contributed by atoms with Crippen molar-refractivity contribution in [2.45, 2.75) is 0 Å². The Bertz CT molecular complexity index is 1010. The van der Waals surface area contributed by atoms with Crippen LogP contribution in [0.3, 0.4) is 0 Å². The highest BCUT2D eigenvalue weighted by Crippen LogP contribution is 2.25. The van der Waals surface area contributed by atoms with Gasteiger partial charge in [-0.2, -0.15) is 5.26 Å². The second-order valence-corrected chi connectivity index (χ2v) is 4.08. The van der Waals surface area contributed by atoms with Crippen LogP contribution in [-0.2, 0) is 0 Å². The molecule has 0 atom stereocenters. The number of hydrogen-bond acceptors (Lipinski definition) is 9. The average molecular weight is 318 g/mol. The fourth-order valence-electron chi connectivity index (χ4n) is 1.81. The van der Waals surface area contributed by atoms with Crippen LogP contribution >= 0.6 is 0 Å². The van der Waals surface area contributed by atoms with Gasteiger partial charge in [0.1, 0.15) is 11.9 Å². The third-order valence-corrected chi connectivity index (χ3v) is 2.79. The maximum atomic E-state index is 13.4. The molecule has 0 amide bonds. The van der Waals surface area contributed by atoms with Crippen molar-refractivity contribution in [2.75, 3.05) is 0 Å². The molecule has 0 aliphatic carbocycles. The molecule has 12 heteroatoms. The van der Waals surface area contributed by atoms with Gasteiger partial charge in [-0.15, -0.1) is 4.63 Å². The molecule has 0 radical (unpaired) electrons. The van der Waals surface area contributed by atoms with E-state index < -0.39 is 28.0 Å². The quantitative estimate of drug-likeness (QED) is 0.503. The SMILES string of the molecule is N#Cc1cc(-n2c(-c3nonc3[N+](=O)[O-])noc2=O)ccc1F. The van der Waals surface area contributed by atoms with Gasteiger partial charge >= 0.3 is 11.6 Å². The Labute approximate surface area is 124 Å². The van der Waals surface area contributed by atoms with Crippen LogP contribution in [0.5, 0.6) is 0 Å². The summed E-state index contributed by atoms with van der Waals surface area (Å²) in [6.45, 7) is 0. The number of nitro groups is 1. The number of benzene rings is 1. The summed E-state index contributed by atoms with van der Waals surface area (Å²) < 4.78 is 22.9. The number of nitrogens with zero attached hydrogens (tertiary/aromatic N) is 6. The molecule has 0 N–H and O–H groups in total. The number of rotatable bonds is 3. The summed E-state index contributed by atoms with van der Waals surface area (Å²) in [5, 5.41) is 29.5. The first kappa shape index (κ1) is 14.1. The van der Waals surface area contributed by atoms with Crippen molar-refractivity contribution >= 4 is 5.82 Å². The van der Waals surface area contributed by atoms with E-state index in [4.69, 9.17) is 5.26 Å². The van der Waals surface area contributed by atoms with Gasteiger partial charge in [0, 0.05) is 0 Å². The lowest BCUT2D eigenvalue weighted by Gasteiger charge is -2.03. The fraction of sp³-hybridized carbons (Fsp3) is 0. The molecular weight excluding hydrogens is 315 g/mol. The second-order valence-electron chi connectivity index (χ2n) is 4.08. The van der Waals surface area contributed by atoms with E-state index in [2.05, 4.69) is 24.6 Å². The van der Waals surface area contributed by atoms with Gasteiger partial charge in [-0.3, -0.25) is 4.52 Å². The Kier molecular flexibility index (Phi) is 3.15. The first-order valence-electron chi connectivity index (χ1n) is 5.79. The van der Waals surface area contributed by atoms with Crippen molar-refractivity contribution in [3.05, 3.63) is 50.2 Å². The first-order valence-corrected chi connectivity index (χ1v) is 5.79. The van der Waals surface area contributed by atoms with E-state index in [-0.39, 0.29) is 17.1 Å². The third kappa shape index (κ3) is 2.21. The molecule has 23 heavy (non-hydrogen) atoms. The van der Waals surface area contributed by atoms with Crippen LogP contribution in [0.2, 0.25) is 0 Å². The second kappa shape index (κ2) is 5.15. The molecule has 2 aromatic heterocycles. The lowest BCUT2D eigenvalue weighted by molar-refractivity contribution is -0.390. The van der Waals surface area contributed by atoms with Gasteiger partial charge in [0.25, 0.3) is 5.69 Å². The van der Waals surface area contributed by atoms with Gasteiger partial charge in [0.2, 0.25) is 5.82 Å². The summed E-state index contributed by atoms with van der Waals surface area (Å²) in [4.78, 5) is 21.8. The largest absolute Gasteiger partial charge is 0.446 e. The Balaban J connectivity index is 2.25. The third-order valence-electron chi connectivity index (χ3n) is 2.79. The molecule has 0 fully saturated rings. The van der Waals surface area contributed by atoms with Crippen LogP contribution in [0.4, 0.5) is 10.2 Å². The molecular formula is C11H3FN6O5. The Morgan fingerprint density at radius 3 is 2.83 bits per heavy atom. The highest BCUT2D eigenvalue weighted by molar-refractivity contribution is 5.61. The van der Waals surface area contributed by atoms with E-state index in [1.165, 1.54) is 0 Å². The van der Waals surface area contributed by atoms with Crippen LogP contribution in [0.1, 0.15) is 5.56 Å². The molecule has 0 unspecified atom stereocenters. The monoisotopic (exact) mass is 318 g/mol. The minimum Gasteiger partial charge on any atom is -0.358 e. The van der Waals surface area contributed by atoms with Crippen molar-refractivity contribution in [2.24, 2.45) is 0 Å². The average Bonchev–Trinajstić information content (AvgIpc) is 3.14. The van der Waals surface area contributed by atoms with Crippen molar-refractivity contribution in [1.29, 1.82) is 5.26 Å². The smallest absolute Gasteiger partial charge is 0.358 e. The summed E-state index contributed by atoms with van der Waals surface area (Å²) in [5.74, 6) is -2.97. The Morgan fingerprint density at radius 1 is 1.35 bits per heavy atom. The Morgan fingerprint density at radius 2 is 2.13 bits per heavy atom. The number of nitriles is 1. The van der Waals surface area contributed by atoms with Crippen molar-refractivity contribution < 1.29 is 18.5 Å². The maximum Gasteiger partial charge on any atom is 0.446 e. The van der Waals surface area contributed by atoms with Gasteiger partial charge < -0.3 is 10.1 Å². The molecule has 2 heterocycles. The predicted molar refractivity (Wildman–Crippen MR) is 66.7 cm³/mol. The van der Waals surface area contributed by atoms with Crippen LogP contribution in [0, 0.1) is 27.3 Å². The summed E-state index contributed by atoms with van der Waals surface area (Å²) in [7, 11) is 0. The van der Waals surface area contributed by atoms with Crippen molar-refractivity contribution in [3.63, 3.8) is 0 Å². The number of halogens is 1. The van der Waals surface area contributed by atoms with Crippen LogP contribution in [0.15, 0.2) is 32.1 Å². The molecule has 0 saturated carbocycles. The first-order chi connectivity index (χ1) is 11.0. The standard InChI is InChI=1S/C11H3FN6O5/c12-7-2-1-6(3-5(7)4-13)17-9(15-22-11(17)19)8-10(18(20)21)16-23-14-8/h1-3H. The lowest BCUT2D eigenvalue weighted by atomic mass is 10.2. The van der Waals surface area contributed by atoms with E-state index >= 15 is 0 Å². The minimum atomic E-state index is -1.02. The lowest BCUT2D eigenvalue weighted by Crippen LogP contribution is -2.14. The highest BCUT2D eigenvalue weighted by Gasteiger charge is 2.30. The summed E-state index contributed by atoms with van der Waals surface area (Å²) in [6, 6.07) is 4.77. The van der Waals surface area contributed by atoms with E-state index in [9.17, 15) is 19.3 Å². The van der Waals surface area contributed by atoms with E-state index in [1.807, 2.05) is 0 Å². The molecule has 0 aliphatic rings. The van der Waals surface area contributed by atoms with Crippen LogP contribution in [0.25, 0.3) is 17.2 Å². The van der Waals surface area contributed by atoms with Gasteiger partial charge in [0.05, 0.1) is 11.3 Å². The molecule has 0 spiro atoms. The minimum absolute atomic E-state index is 0.00139. The van der Waals surface area contributed by atoms with Gasteiger partial charge in [0.15, 0.2) is 5.16 Å². The van der Waals surface area contributed by atoms with E-state index in [0.717, 1.165) is 22.8 Å². The summed E-state index contributed by atoms with van der Waals surface area (Å²) in [6.07, 6.45) is 0. The van der Waals surface area contributed by atoms with Crippen LogP contribution < -0.4 is 5.76 Å². The van der Waals surface area contributed by atoms with Crippen molar-refractivity contribution in [3.8, 4) is 23.3 Å². The summed E-state index contributed by atoms with van der Waals surface area (Å²) in [5.41, 5.74) is -0.792. The van der Waals surface area contributed by atoms with Crippen molar-refractivity contribution in [1.82, 2.24) is 20.0 Å². The topological polar surface area (TPSA) is 154 Å².